The summed E-state index contributed by atoms with van der Waals surface area (Å²) in [4.78, 5) is 16.0. The minimum atomic E-state index is -0.381. The van der Waals surface area contributed by atoms with E-state index in [9.17, 15) is 10.1 Å². The first-order valence-corrected chi connectivity index (χ1v) is 6.59. The molecule has 0 aliphatic carbocycles. The van der Waals surface area contributed by atoms with Crippen LogP contribution in [0.4, 0.5) is 17.1 Å². The van der Waals surface area contributed by atoms with Gasteiger partial charge in [0.2, 0.25) is 0 Å². The molecule has 0 saturated heterocycles. The number of para-hydroxylation sites is 1. The number of aryl methyl sites for hydroxylation is 1. The number of hydrogen-bond donors (Lipinski definition) is 2. The first-order valence-electron chi connectivity index (χ1n) is 5.71. The molecule has 0 fully saturated rings. The standard InChI is InChI=1S/C12H14N4O2S/c1-8-11(19-7-15-8)6-14-10-5-3-4-9(13-2)12(10)16(17)18/h3-5,7,13-14H,6H2,1-2H3. The van der Waals surface area contributed by atoms with Crippen molar-refractivity contribution in [2.75, 3.05) is 17.7 Å². The second kappa shape index (κ2) is 5.66. The number of anilines is 2. The van der Waals surface area contributed by atoms with E-state index in [0.717, 1.165) is 10.6 Å². The number of nitrogens with one attached hydrogen (secondary N) is 2. The van der Waals surface area contributed by atoms with E-state index in [0.29, 0.717) is 17.9 Å². The Morgan fingerprint density at radius 3 is 2.74 bits per heavy atom. The van der Waals surface area contributed by atoms with Crippen LogP contribution in [0.15, 0.2) is 23.7 Å². The van der Waals surface area contributed by atoms with Crippen molar-refractivity contribution in [3.63, 3.8) is 0 Å². The fourth-order valence-corrected chi connectivity index (χ4v) is 2.47. The molecule has 0 atom stereocenters. The Bertz CT molecular complexity index is 597. The highest BCUT2D eigenvalue weighted by molar-refractivity contribution is 7.09. The molecule has 0 aliphatic rings. The van der Waals surface area contributed by atoms with E-state index in [1.807, 2.05) is 6.92 Å². The number of nitro groups is 1. The molecule has 2 N–H and O–H groups in total. The van der Waals surface area contributed by atoms with Crippen molar-refractivity contribution in [2.45, 2.75) is 13.5 Å². The summed E-state index contributed by atoms with van der Waals surface area (Å²) in [5, 5.41) is 17.1. The zero-order valence-corrected chi connectivity index (χ0v) is 11.5. The number of thiazole rings is 1. The number of aromatic nitrogens is 1. The Labute approximate surface area is 114 Å². The summed E-state index contributed by atoms with van der Waals surface area (Å²) in [5.74, 6) is 0. The van der Waals surface area contributed by atoms with Gasteiger partial charge in [-0.3, -0.25) is 10.1 Å². The molecule has 2 rings (SSSR count). The van der Waals surface area contributed by atoms with E-state index in [-0.39, 0.29) is 10.6 Å². The lowest BCUT2D eigenvalue weighted by molar-refractivity contribution is -0.383. The van der Waals surface area contributed by atoms with Gasteiger partial charge in [0.05, 0.1) is 22.7 Å². The summed E-state index contributed by atoms with van der Waals surface area (Å²) in [6.07, 6.45) is 0. The average Bonchev–Trinajstić information content (AvgIpc) is 2.81. The first kappa shape index (κ1) is 13.3. The third kappa shape index (κ3) is 2.82. The van der Waals surface area contributed by atoms with Crippen LogP contribution < -0.4 is 10.6 Å². The number of hydrogen-bond acceptors (Lipinski definition) is 6. The molecular weight excluding hydrogens is 264 g/mol. The molecule has 0 spiro atoms. The number of rotatable bonds is 5. The van der Waals surface area contributed by atoms with Crippen molar-refractivity contribution in [2.24, 2.45) is 0 Å². The zero-order chi connectivity index (χ0) is 13.8. The second-order valence-corrected chi connectivity index (χ2v) is 4.86. The molecule has 0 saturated carbocycles. The highest BCUT2D eigenvalue weighted by Crippen LogP contribution is 2.32. The van der Waals surface area contributed by atoms with Crippen LogP contribution in [0.1, 0.15) is 10.6 Å². The maximum absolute atomic E-state index is 11.1. The second-order valence-electron chi connectivity index (χ2n) is 3.92. The normalized spacial score (nSPS) is 10.2. The van der Waals surface area contributed by atoms with Crippen molar-refractivity contribution in [3.05, 3.63) is 44.4 Å². The molecule has 1 aromatic carbocycles. The van der Waals surface area contributed by atoms with Gasteiger partial charge >= 0.3 is 5.69 Å². The molecule has 0 bridgehead atoms. The van der Waals surface area contributed by atoms with Crippen LogP contribution in [0, 0.1) is 17.0 Å². The molecule has 6 nitrogen and oxygen atoms in total. The molecule has 0 amide bonds. The fraction of sp³-hybridized carbons (Fsp3) is 0.250. The topological polar surface area (TPSA) is 80.1 Å². The summed E-state index contributed by atoms with van der Waals surface area (Å²) in [5.41, 5.74) is 3.78. The van der Waals surface area contributed by atoms with E-state index in [1.165, 1.54) is 11.3 Å². The molecule has 7 heteroatoms. The van der Waals surface area contributed by atoms with E-state index >= 15 is 0 Å². The summed E-state index contributed by atoms with van der Waals surface area (Å²) in [6, 6.07) is 5.16. The third-order valence-corrected chi connectivity index (χ3v) is 3.71. The minimum Gasteiger partial charge on any atom is -0.382 e. The summed E-state index contributed by atoms with van der Waals surface area (Å²) in [6.45, 7) is 2.45. The average molecular weight is 278 g/mol. The first-order chi connectivity index (χ1) is 9.13. The van der Waals surface area contributed by atoms with Crippen LogP contribution in [-0.4, -0.2) is 17.0 Å². The van der Waals surface area contributed by atoms with Crippen LogP contribution in [0.2, 0.25) is 0 Å². The number of nitrogens with zero attached hydrogens (tertiary/aromatic N) is 2. The van der Waals surface area contributed by atoms with E-state index in [1.54, 1.807) is 30.8 Å². The molecule has 1 heterocycles. The Hall–Kier alpha value is -2.15. The van der Waals surface area contributed by atoms with Gasteiger partial charge in [0, 0.05) is 11.9 Å². The van der Waals surface area contributed by atoms with Gasteiger partial charge in [0.25, 0.3) is 0 Å². The quantitative estimate of drug-likeness (QED) is 0.649. The molecule has 19 heavy (non-hydrogen) atoms. The molecular formula is C12H14N4O2S. The zero-order valence-electron chi connectivity index (χ0n) is 10.6. The number of benzene rings is 1. The molecule has 0 unspecified atom stereocenters. The van der Waals surface area contributed by atoms with Crippen molar-refractivity contribution in [3.8, 4) is 0 Å². The van der Waals surface area contributed by atoms with Gasteiger partial charge < -0.3 is 10.6 Å². The third-order valence-electron chi connectivity index (χ3n) is 2.77. The highest BCUT2D eigenvalue weighted by atomic mass is 32.1. The van der Waals surface area contributed by atoms with Crippen molar-refractivity contribution < 1.29 is 4.92 Å². The largest absolute Gasteiger partial charge is 0.382 e. The SMILES string of the molecule is CNc1cccc(NCc2scnc2C)c1[N+](=O)[O-]. The number of nitro benzene ring substituents is 1. The van der Waals surface area contributed by atoms with Crippen molar-refractivity contribution in [1.29, 1.82) is 0 Å². The van der Waals surface area contributed by atoms with E-state index in [4.69, 9.17) is 0 Å². The van der Waals surface area contributed by atoms with Gasteiger partial charge in [-0.1, -0.05) is 6.07 Å². The van der Waals surface area contributed by atoms with Crippen LogP contribution >= 0.6 is 11.3 Å². The molecule has 1 aromatic heterocycles. The predicted octanol–water partition coefficient (Wildman–Crippen LogP) is 3.01. The molecule has 2 aromatic rings. The van der Waals surface area contributed by atoms with E-state index < -0.39 is 0 Å². The van der Waals surface area contributed by atoms with Gasteiger partial charge in [-0.25, -0.2) is 4.98 Å². The maximum Gasteiger partial charge on any atom is 0.315 e. The van der Waals surface area contributed by atoms with Crippen LogP contribution in [0.3, 0.4) is 0 Å². The molecule has 100 valence electrons. The monoisotopic (exact) mass is 278 g/mol. The Morgan fingerprint density at radius 1 is 1.42 bits per heavy atom. The van der Waals surface area contributed by atoms with Gasteiger partial charge in [-0.15, -0.1) is 11.3 Å². The van der Waals surface area contributed by atoms with E-state index in [2.05, 4.69) is 15.6 Å². The van der Waals surface area contributed by atoms with Gasteiger partial charge in [-0.2, -0.15) is 0 Å². The minimum absolute atomic E-state index is 0.0622. The van der Waals surface area contributed by atoms with Gasteiger partial charge in [-0.05, 0) is 19.1 Å². The van der Waals surface area contributed by atoms with Crippen LogP contribution in [0.5, 0.6) is 0 Å². The lowest BCUT2D eigenvalue weighted by Crippen LogP contribution is -2.04. The molecule has 0 radical (unpaired) electrons. The summed E-state index contributed by atoms with van der Waals surface area (Å²) in [7, 11) is 1.67. The lowest BCUT2D eigenvalue weighted by Gasteiger charge is -2.09. The van der Waals surface area contributed by atoms with Gasteiger partial charge in [0.1, 0.15) is 11.4 Å². The Kier molecular flexibility index (Phi) is 3.96. The van der Waals surface area contributed by atoms with Crippen molar-refractivity contribution >= 4 is 28.4 Å². The predicted molar refractivity (Wildman–Crippen MR) is 76.8 cm³/mol. The molecule has 0 aliphatic heterocycles. The maximum atomic E-state index is 11.1. The summed E-state index contributed by atoms with van der Waals surface area (Å²) >= 11 is 1.53. The Balaban J connectivity index is 2.25. The Morgan fingerprint density at radius 2 is 2.16 bits per heavy atom. The van der Waals surface area contributed by atoms with Crippen LogP contribution in [0.25, 0.3) is 0 Å². The lowest BCUT2D eigenvalue weighted by atomic mass is 10.2. The smallest absolute Gasteiger partial charge is 0.315 e. The fourth-order valence-electron chi connectivity index (χ4n) is 1.76. The van der Waals surface area contributed by atoms with Crippen LogP contribution in [-0.2, 0) is 6.54 Å². The summed E-state index contributed by atoms with van der Waals surface area (Å²) < 4.78 is 0. The van der Waals surface area contributed by atoms with Crippen molar-refractivity contribution in [1.82, 2.24) is 4.98 Å². The highest BCUT2D eigenvalue weighted by Gasteiger charge is 2.18. The van der Waals surface area contributed by atoms with Gasteiger partial charge in [0.15, 0.2) is 0 Å².